The minimum Gasteiger partial charge on any atom is -0.316 e. The standard InChI is InChI=1S/C14H15NS/c1-15-11-5-8-13-9-10-14(16-13)12-6-3-2-4-7-12/h2-10,15H,11H2,1H3. The maximum absolute atomic E-state index is 3.09. The summed E-state index contributed by atoms with van der Waals surface area (Å²) in [7, 11) is 1.95. The molecule has 0 unspecified atom stereocenters. The summed E-state index contributed by atoms with van der Waals surface area (Å²) >= 11 is 1.82. The molecule has 2 heteroatoms. The van der Waals surface area contributed by atoms with Gasteiger partial charge in [-0.2, -0.15) is 0 Å². The number of benzene rings is 1. The Hall–Kier alpha value is -1.38. The van der Waals surface area contributed by atoms with Crippen LogP contribution in [0, 0.1) is 0 Å². The topological polar surface area (TPSA) is 12.0 Å². The van der Waals surface area contributed by atoms with Crippen LogP contribution in [0.5, 0.6) is 0 Å². The van der Waals surface area contributed by atoms with Crippen molar-refractivity contribution in [3.8, 4) is 10.4 Å². The minimum atomic E-state index is 0.915. The van der Waals surface area contributed by atoms with Crippen molar-refractivity contribution in [1.82, 2.24) is 5.32 Å². The number of hydrogen-bond acceptors (Lipinski definition) is 2. The fourth-order valence-corrected chi connectivity index (χ4v) is 2.44. The molecule has 1 aromatic heterocycles. The second-order valence-corrected chi connectivity index (χ2v) is 4.64. The van der Waals surface area contributed by atoms with E-state index in [4.69, 9.17) is 0 Å². The van der Waals surface area contributed by atoms with Crippen molar-refractivity contribution < 1.29 is 0 Å². The molecule has 0 aliphatic heterocycles. The third kappa shape index (κ3) is 2.81. The van der Waals surface area contributed by atoms with Crippen LogP contribution in [0.4, 0.5) is 0 Å². The van der Waals surface area contributed by atoms with Crippen molar-refractivity contribution >= 4 is 17.4 Å². The van der Waals surface area contributed by atoms with Gasteiger partial charge in [0.05, 0.1) is 0 Å². The van der Waals surface area contributed by atoms with Crippen molar-refractivity contribution in [2.75, 3.05) is 13.6 Å². The number of hydrogen-bond donors (Lipinski definition) is 1. The second-order valence-electron chi connectivity index (χ2n) is 3.53. The number of nitrogens with one attached hydrogen (secondary N) is 1. The van der Waals surface area contributed by atoms with E-state index < -0.39 is 0 Å². The molecule has 82 valence electrons. The molecule has 0 bridgehead atoms. The van der Waals surface area contributed by atoms with E-state index in [1.165, 1.54) is 15.3 Å². The predicted octanol–water partition coefficient (Wildman–Crippen LogP) is 3.65. The Morgan fingerprint density at radius 1 is 1.12 bits per heavy atom. The summed E-state index contributed by atoms with van der Waals surface area (Å²) in [5.41, 5.74) is 1.29. The third-order valence-corrected chi connectivity index (χ3v) is 3.39. The van der Waals surface area contributed by atoms with Crippen LogP contribution < -0.4 is 5.32 Å². The van der Waals surface area contributed by atoms with Crippen LogP contribution >= 0.6 is 11.3 Å². The molecular weight excluding hydrogens is 214 g/mol. The highest BCUT2D eigenvalue weighted by molar-refractivity contribution is 7.16. The van der Waals surface area contributed by atoms with E-state index in [0.717, 1.165) is 6.54 Å². The molecule has 2 rings (SSSR count). The molecule has 2 aromatic rings. The van der Waals surface area contributed by atoms with E-state index in [-0.39, 0.29) is 0 Å². The zero-order chi connectivity index (χ0) is 11.2. The molecule has 0 saturated heterocycles. The predicted molar refractivity (Wildman–Crippen MR) is 72.7 cm³/mol. The Morgan fingerprint density at radius 2 is 1.94 bits per heavy atom. The zero-order valence-electron chi connectivity index (χ0n) is 9.31. The molecule has 0 spiro atoms. The van der Waals surface area contributed by atoms with Gasteiger partial charge in [0.2, 0.25) is 0 Å². The molecule has 0 aliphatic rings. The van der Waals surface area contributed by atoms with Crippen LogP contribution in [0.3, 0.4) is 0 Å². The molecule has 0 radical (unpaired) electrons. The van der Waals surface area contributed by atoms with E-state index in [1.807, 2.05) is 24.5 Å². The van der Waals surface area contributed by atoms with E-state index in [2.05, 4.69) is 53.9 Å². The van der Waals surface area contributed by atoms with Crippen LogP contribution in [0.15, 0.2) is 48.5 Å². The van der Waals surface area contributed by atoms with E-state index in [1.54, 1.807) is 0 Å². The summed E-state index contributed by atoms with van der Waals surface area (Å²) in [6.07, 6.45) is 4.30. The van der Waals surface area contributed by atoms with Gasteiger partial charge in [0.15, 0.2) is 0 Å². The van der Waals surface area contributed by atoms with Crippen molar-refractivity contribution in [2.24, 2.45) is 0 Å². The van der Waals surface area contributed by atoms with E-state index in [9.17, 15) is 0 Å². The Morgan fingerprint density at radius 3 is 2.69 bits per heavy atom. The highest BCUT2D eigenvalue weighted by Gasteiger charge is 1.99. The Labute approximate surface area is 100 Å². The maximum atomic E-state index is 3.09. The van der Waals surface area contributed by atoms with Crippen LogP contribution in [-0.4, -0.2) is 13.6 Å². The zero-order valence-corrected chi connectivity index (χ0v) is 10.1. The fourth-order valence-electron chi connectivity index (χ4n) is 1.49. The van der Waals surface area contributed by atoms with Gasteiger partial charge in [0.1, 0.15) is 0 Å². The van der Waals surface area contributed by atoms with Gasteiger partial charge in [-0.3, -0.25) is 0 Å². The first-order valence-corrected chi connectivity index (χ1v) is 6.18. The lowest BCUT2D eigenvalue weighted by atomic mass is 10.2. The molecule has 0 atom stereocenters. The first-order chi connectivity index (χ1) is 7.90. The lowest BCUT2D eigenvalue weighted by molar-refractivity contribution is 0.922. The smallest absolute Gasteiger partial charge is 0.0349 e. The highest BCUT2D eigenvalue weighted by Crippen LogP contribution is 2.28. The Balaban J connectivity index is 2.14. The summed E-state index contributed by atoms with van der Waals surface area (Å²) in [5.74, 6) is 0. The summed E-state index contributed by atoms with van der Waals surface area (Å²) in [5, 5.41) is 3.09. The van der Waals surface area contributed by atoms with Gasteiger partial charge >= 0.3 is 0 Å². The van der Waals surface area contributed by atoms with Crippen molar-refractivity contribution in [3.05, 3.63) is 53.4 Å². The molecule has 1 aromatic carbocycles. The molecular formula is C14H15NS. The van der Waals surface area contributed by atoms with Gasteiger partial charge in [-0.15, -0.1) is 11.3 Å². The lowest BCUT2D eigenvalue weighted by Gasteiger charge is -1.94. The third-order valence-electron chi connectivity index (χ3n) is 2.29. The summed E-state index contributed by atoms with van der Waals surface area (Å²) < 4.78 is 0. The average Bonchev–Trinajstić information content (AvgIpc) is 2.79. The SMILES string of the molecule is CNCC=Cc1ccc(-c2ccccc2)s1. The van der Waals surface area contributed by atoms with Gasteiger partial charge in [0.25, 0.3) is 0 Å². The summed E-state index contributed by atoms with van der Waals surface area (Å²) in [4.78, 5) is 2.62. The number of thiophene rings is 1. The van der Waals surface area contributed by atoms with Crippen LogP contribution in [0.1, 0.15) is 4.88 Å². The first-order valence-electron chi connectivity index (χ1n) is 5.36. The van der Waals surface area contributed by atoms with Crippen molar-refractivity contribution in [3.63, 3.8) is 0 Å². The van der Waals surface area contributed by atoms with Gasteiger partial charge in [-0.1, -0.05) is 36.4 Å². The molecule has 0 amide bonds. The molecule has 1 nitrogen and oxygen atoms in total. The first kappa shape index (κ1) is 11.1. The number of rotatable bonds is 4. The van der Waals surface area contributed by atoms with Gasteiger partial charge in [0, 0.05) is 16.3 Å². The van der Waals surface area contributed by atoms with Crippen LogP contribution in [-0.2, 0) is 0 Å². The Bertz CT molecular complexity index is 457. The highest BCUT2D eigenvalue weighted by atomic mass is 32.1. The monoisotopic (exact) mass is 229 g/mol. The molecule has 0 aliphatic carbocycles. The van der Waals surface area contributed by atoms with Crippen LogP contribution in [0.25, 0.3) is 16.5 Å². The lowest BCUT2D eigenvalue weighted by Crippen LogP contribution is -2.03. The van der Waals surface area contributed by atoms with Gasteiger partial charge in [-0.25, -0.2) is 0 Å². The van der Waals surface area contributed by atoms with Gasteiger partial charge < -0.3 is 5.32 Å². The van der Waals surface area contributed by atoms with E-state index >= 15 is 0 Å². The molecule has 1 heterocycles. The molecule has 0 saturated carbocycles. The molecule has 16 heavy (non-hydrogen) atoms. The summed E-state index contributed by atoms with van der Waals surface area (Å²) in [6, 6.07) is 14.8. The van der Waals surface area contributed by atoms with Crippen molar-refractivity contribution in [1.29, 1.82) is 0 Å². The van der Waals surface area contributed by atoms with Crippen molar-refractivity contribution in [2.45, 2.75) is 0 Å². The molecule has 0 fully saturated rings. The fraction of sp³-hybridized carbons (Fsp3) is 0.143. The quantitative estimate of drug-likeness (QED) is 0.844. The average molecular weight is 229 g/mol. The largest absolute Gasteiger partial charge is 0.316 e. The minimum absolute atomic E-state index is 0.915. The van der Waals surface area contributed by atoms with Gasteiger partial charge in [-0.05, 0) is 30.8 Å². The number of likely N-dealkylation sites (N-methyl/N-ethyl adjacent to an activating group) is 1. The Kier molecular flexibility index (Phi) is 3.91. The normalized spacial score (nSPS) is 11.1. The van der Waals surface area contributed by atoms with Crippen LogP contribution in [0.2, 0.25) is 0 Å². The van der Waals surface area contributed by atoms with E-state index in [0.29, 0.717) is 0 Å². The molecule has 1 N–H and O–H groups in total. The second kappa shape index (κ2) is 5.64. The summed E-state index contributed by atoms with van der Waals surface area (Å²) in [6.45, 7) is 0.915. The maximum Gasteiger partial charge on any atom is 0.0349 e.